The number of nitrogens with zero attached hydrogens (tertiary/aromatic N) is 6. The summed E-state index contributed by atoms with van der Waals surface area (Å²) < 4.78 is 7.30. The average molecular weight is 426 g/mol. The van der Waals surface area contributed by atoms with Crippen LogP contribution in [0.3, 0.4) is 0 Å². The van der Waals surface area contributed by atoms with Gasteiger partial charge >= 0.3 is 6.09 Å². The lowest BCUT2D eigenvalue weighted by Gasteiger charge is -2.28. The van der Waals surface area contributed by atoms with Crippen molar-refractivity contribution in [3.05, 3.63) is 84.1 Å². The maximum Gasteiger partial charge on any atom is 0.416 e. The number of carbonyl (C=O) groups excluding carboxylic acids is 1. The summed E-state index contributed by atoms with van der Waals surface area (Å²) in [6.45, 7) is 13.0. The molecule has 0 bridgehead atoms. The Kier molecular flexibility index (Phi) is 5.56. The third-order valence-corrected chi connectivity index (χ3v) is 4.57. The smallest absolute Gasteiger partial charge is 0.416 e. The number of hydrogen-bond donors (Lipinski definition) is 0. The zero-order chi connectivity index (χ0) is 22.7. The van der Waals surface area contributed by atoms with Crippen molar-refractivity contribution in [1.29, 1.82) is 0 Å². The second kappa shape index (κ2) is 8.47. The van der Waals surface area contributed by atoms with Crippen molar-refractivity contribution >= 4 is 23.2 Å². The summed E-state index contributed by atoms with van der Waals surface area (Å²) in [4.78, 5) is 27.1. The van der Waals surface area contributed by atoms with Gasteiger partial charge in [-0.05, 0) is 44.0 Å². The minimum Gasteiger partial charge on any atom is -0.443 e. The predicted octanol–water partition coefficient (Wildman–Crippen LogP) is 5.28. The molecule has 8 nitrogen and oxygen atoms in total. The normalized spacial score (nSPS) is 11.2. The van der Waals surface area contributed by atoms with E-state index in [1.807, 2.05) is 45.0 Å². The molecule has 0 fully saturated rings. The van der Waals surface area contributed by atoms with Gasteiger partial charge in [0, 0.05) is 24.5 Å². The fourth-order valence-electron chi connectivity index (χ4n) is 3.20. The average Bonchev–Trinajstić information content (AvgIpc) is 3.25. The molecule has 160 valence electrons. The van der Waals surface area contributed by atoms with Crippen LogP contribution in [0.4, 0.5) is 16.3 Å². The van der Waals surface area contributed by atoms with E-state index in [0.29, 0.717) is 22.8 Å². The molecule has 3 aromatic heterocycles. The summed E-state index contributed by atoms with van der Waals surface area (Å²) in [7, 11) is 0. The van der Waals surface area contributed by atoms with Gasteiger partial charge in [-0.3, -0.25) is 9.88 Å². The third-order valence-electron chi connectivity index (χ3n) is 4.57. The first-order chi connectivity index (χ1) is 15.3. The van der Waals surface area contributed by atoms with Crippen molar-refractivity contribution in [3.8, 4) is 11.3 Å². The molecule has 0 N–H and O–H groups in total. The van der Waals surface area contributed by atoms with Crippen molar-refractivity contribution in [2.45, 2.75) is 32.9 Å². The number of benzene rings is 1. The largest absolute Gasteiger partial charge is 0.443 e. The molecular weight excluding hydrogens is 404 g/mol. The number of pyridine rings is 1. The highest BCUT2D eigenvalue weighted by atomic mass is 16.6. The van der Waals surface area contributed by atoms with Crippen LogP contribution in [0.15, 0.2) is 67.1 Å². The zero-order valence-electron chi connectivity index (χ0n) is 18.1. The summed E-state index contributed by atoms with van der Waals surface area (Å²) >= 11 is 0. The molecule has 4 aromatic rings. The first-order valence-electron chi connectivity index (χ1n) is 10.1. The van der Waals surface area contributed by atoms with Crippen molar-refractivity contribution in [2.24, 2.45) is 0 Å². The van der Waals surface area contributed by atoms with Crippen LogP contribution in [-0.4, -0.2) is 31.3 Å². The Balaban J connectivity index is 1.86. The Morgan fingerprint density at radius 2 is 2.00 bits per heavy atom. The molecule has 0 unspecified atom stereocenters. The van der Waals surface area contributed by atoms with Crippen molar-refractivity contribution in [3.63, 3.8) is 0 Å². The van der Waals surface area contributed by atoms with Crippen molar-refractivity contribution < 1.29 is 9.53 Å². The molecule has 0 radical (unpaired) electrons. The molecule has 0 aliphatic rings. The summed E-state index contributed by atoms with van der Waals surface area (Å²) in [6.07, 6.45) is 4.51. The molecule has 1 amide bonds. The number of anilines is 1. The summed E-state index contributed by atoms with van der Waals surface area (Å²) in [5.74, 6) is 0.501. The van der Waals surface area contributed by atoms with E-state index >= 15 is 0 Å². The van der Waals surface area contributed by atoms with E-state index in [0.717, 1.165) is 11.1 Å². The monoisotopic (exact) mass is 426 g/mol. The molecule has 0 saturated heterocycles. The van der Waals surface area contributed by atoms with Crippen LogP contribution in [0.2, 0.25) is 0 Å². The second-order valence-corrected chi connectivity index (χ2v) is 8.19. The maximum atomic E-state index is 13.3. The van der Waals surface area contributed by atoms with Crippen LogP contribution in [-0.2, 0) is 11.3 Å². The van der Waals surface area contributed by atoms with Crippen LogP contribution >= 0.6 is 0 Å². The molecule has 1 aromatic carbocycles. The first-order valence-corrected chi connectivity index (χ1v) is 10.1. The fourth-order valence-corrected chi connectivity index (χ4v) is 3.20. The molecular formula is C24H22N6O2. The van der Waals surface area contributed by atoms with E-state index in [-0.39, 0.29) is 6.54 Å². The van der Waals surface area contributed by atoms with E-state index in [1.165, 1.54) is 4.90 Å². The molecule has 3 heterocycles. The number of ether oxygens (including phenoxy) is 1. The second-order valence-electron chi connectivity index (χ2n) is 8.19. The van der Waals surface area contributed by atoms with Crippen LogP contribution in [0.25, 0.3) is 21.7 Å². The zero-order valence-corrected chi connectivity index (χ0v) is 18.1. The van der Waals surface area contributed by atoms with Crippen LogP contribution < -0.4 is 4.90 Å². The van der Waals surface area contributed by atoms with Crippen LogP contribution in [0.1, 0.15) is 26.3 Å². The van der Waals surface area contributed by atoms with Crippen molar-refractivity contribution in [1.82, 2.24) is 19.6 Å². The minimum atomic E-state index is -0.673. The Morgan fingerprint density at radius 3 is 2.72 bits per heavy atom. The Labute approximate surface area is 185 Å². The molecule has 8 heteroatoms. The number of amides is 1. The third kappa shape index (κ3) is 4.57. The van der Waals surface area contributed by atoms with Gasteiger partial charge in [-0.15, -0.1) is 0 Å². The highest BCUT2D eigenvalue weighted by molar-refractivity contribution is 5.88. The standard InChI is InChI=1S/C24H22N6O2/c1-24(2,3)32-23(31)29(16-17-7-6-11-26-15-17)22-14-20(28-21-10-12-27-30(21)22)18-8-5-9-19(13-18)25-4/h5-15H,16H2,1-3H3. The highest BCUT2D eigenvalue weighted by Crippen LogP contribution is 2.29. The molecule has 32 heavy (non-hydrogen) atoms. The maximum absolute atomic E-state index is 13.3. The van der Waals surface area contributed by atoms with E-state index in [1.54, 1.807) is 47.4 Å². The lowest BCUT2D eigenvalue weighted by molar-refractivity contribution is 0.0575. The topological polar surface area (TPSA) is 77.0 Å². The lowest BCUT2D eigenvalue weighted by atomic mass is 10.1. The quantitative estimate of drug-likeness (QED) is 0.415. The number of rotatable bonds is 4. The summed E-state index contributed by atoms with van der Waals surface area (Å²) in [5, 5.41) is 4.37. The molecule has 0 spiro atoms. The van der Waals surface area contributed by atoms with Crippen LogP contribution in [0.5, 0.6) is 0 Å². The number of carbonyl (C=O) groups is 1. The Hall–Kier alpha value is -4.25. The lowest BCUT2D eigenvalue weighted by Crippen LogP contribution is -2.37. The SMILES string of the molecule is [C-]#[N+]c1cccc(-c2cc(N(Cc3cccnc3)C(=O)OC(C)(C)C)n3nccc3n2)c1. The first kappa shape index (κ1) is 21.0. The van der Waals surface area contributed by atoms with Gasteiger partial charge in [-0.25, -0.2) is 14.6 Å². The fraction of sp³-hybridized carbons (Fsp3) is 0.208. The van der Waals surface area contributed by atoms with Crippen LogP contribution in [0, 0.1) is 6.57 Å². The van der Waals surface area contributed by atoms with Gasteiger partial charge in [-0.1, -0.05) is 24.3 Å². The number of fused-ring (bicyclic) bond motifs is 1. The van der Waals surface area contributed by atoms with Gasteiger partial charge in [0.1, 0.15) is 11.4 Å². The van der Waals surface area contributed by atoms with E-state index in [9.17, 15) is 4.79 Å². The summed E-state index contributed by atoms with van der Waals surface area (Å²) in [6, 6.07) is 14.5. The van der Waals surface area contributed by atoms with Crippen molar-refractivity contribution in [2.75, 3.05) is 4.90 Å². The molecule has 0 atom stereocenters. The van der Waals surface area contributed by atoms with Gasteiger partial charge in [0.2, 0.25) is 0 Å². The minimum absolute atomic E-state index is 0.239. The number of aromatic nitrogens is 4. The van der Waals surface area contributed by atoms with Gasteiger partial charge in [0.25, 0.3) is 0 Å². The summed E-state index contributed by atoms with van der Waals surface area (Å²) in [5.41, 5.74) is 2.65. The molecule has 0 aliphatic carbocycles. The van der Waals surface area contributed by atoms with E-state index in [4.69, 9.17) is 11.3 Å². The van der Waals surface area contributed by atoms with E-state index in [2.05, 4.69) is 19.9 Å². The number of hydrogen-bond acceptors (Lipinski definition) is 5. The van der Waals surface area contributed by atoms with Gasteiger partial charge in [-0.2, -0.15) is 9.61 Å². The predicted molar refractivity (Wildman–Crippen MR) is 121 cm³/mol. The molecule has 0 aliphatic heterocycles. The Morgan fingerprint density at radius 1 is 1.16 bits per heavy atom. The Bertz CT molecular complexity index is 1300. The van der Waals surface area contributed by atoms with E-state index < -0.39 is 11.7 Å². The molecule has 0 saturated carbocycles. The van der Waals surface area contributed by atoms with Gasteiger partial charge in [0.05, 0.1) is 25.0 Å². The molecule has 4 rings (SSSR count). The van der Waals surface area contributed by atoms with Gasteiger partial charge < -0.3 is 4.74 Å². The van der Waals surface area contributed by atoms with Gasteiger partial charge in [0.15, 0.2) is 11.3 Å². The highest BCUT2D eigenvalue weighted by Gasteiger charge is 2.26.